The van der Waals surface area contributed by atoms with Crippen LogP contribution in [0.15, 0.2) is 24.3 Å². The Hall–Kier alpha value is -2.14. The highest BCUT2D eigenvalue weighted by Gasteiger charge is 2.17. The number of thiophene rings is 1. The fraction of sp³-hybridized carbons (Fsp3) is 0.333. The molecule has 23 heavy (non-hydrogen) atoms. The van der Waals surface area contributed by atoms with Crippen LogP contribution in [0.4, 0.5) is 5.69 Å². The molecule has 0 aliphatic rings. The molecular weight excluding hydrogens is 306 g/mol. The lowest BCUT2D eigenvalue weighted by molar-refractivity contribution is 0.103. The number of hydrogen-bond acceptors (Lipinski definition) is 3. The number of para-hydroxylation sites is 1. The third-order valence-electron chi connectivity index (χ3n) is 4.16. The number of fused-ring (bicyclic) bond motifs is 1. The maximum Gasteiger partial charge on any atom is 0.265 e. The van der Waals surface area contributed by atoms with Gasteiger partial charge in [-0.2, -0.15) is 5.10 Å². The van der Waals surface area contributed by atoms with Gasteiger partial charge in [-0.25, -0.2) is 0 Å². The van der Waals surface area contributed by atoms with E-state index in [1.807, 2.05) is 24.7 Å². The van der Waals surface area contributed by atoms with Crippen LogP contribution in [0, 0.1) is 6.92 Å². The Kier molecular flexibility index (Phi) is 4.22. The molecule has 0 aliphatic carbocycles. The average molecular weight is 327 g/mol. The van der Waals surface area contributed by atoms with Crippen LogP contribution in [0.1, 0.15) is 40.3 Å². The zero-order chi connectivity index (χ0) is 16.6. The van der Waals surface area contributed by atoms with Gasteiger partial charge in [-0.15, -0.1) is 11.3 Å². The summed E-state index contributed by atoms with van der Waals surface area (Å²) in [4.78, 5) is 14.5. The second-order valence-corrected chi connectivity index (χ2v) is 6.68. The second kappa shape index (κ2) is 6.16. The Labute approximate surface area is 140 Å². The van der Waals surface area contributed by atoms with Gasteiger partial charge < -0.3 is 5.32 Å². The summed E-state index contributed by atoms with van der Waals surface area (Å²) in [5, 5.41) is 8.57. The maximum atomic E-state index is 12.7. The van der Waals surface area contributed by atoms with Crippen LogP contribution in [0.25, 0.3) is 10.2 Å². The number of anilines is 1. The Balaban J connectivity index is 1.96. The molecule has 0 atom stereocenters. The van der Waals surface area contributed by atoms with Gasteiger partial charge in [0, 0.05) is 18.1 Å². The lowest BCUT2D eigenvalue weighted by Crippen LogP contribution is -2.13. The van der Waals surface area contributed by atoms with Gasteiger partial charge in [0.25, 0.3) is 5.91 Å². The molecule has 1 amide bonds. The molecule has 2 aromatic heterocycles. The van der Waals surface area contributed by atoms with Crippen LogP contribution >= 0.6 is 11.3 Å². The van der Waals surface area contributed by atoms with E-state index in [0.717, 1.165) is 39.3 Å². The fourth-order valence-electron chi connectivity index (χ4n) is 2.90. The molecule has 1 N–H and O–H groups in total. The van der Waals surface area contributed by atoms with Gasteiger partial charge in [-0.05, 0) is 37.0 Å². The Morgan fingerprint density at radius 3 is 2.48 bits per heavy atom. The first-order valence-corrected chi connectivity index (χ1v) is 8.72. The molecule has 3 aromatic rings. The number of aromatic nitrogens is 2. The van der Waals surface area contributed by atoms with E-state index in [2.05, 4.69) is 42.5 Å². The van der Waals surface area contributed by atoms with Gasteiger partial charge in [0.1, 0.15) is 4.83 Å². The zero-order valence-electron chi connectivity index (χ0n) is 13.9. The van der Waals surface area contributed by atoms with Crippen molar-refractivity contribution >= 4 is 33.1 Å². The van der Waals surface area contributed by atoms with Crippen molar-refractivity contribution in [3.8, 4) is 0 Å². The van der Waals surface area contributed by atoms with Gasteiger partial charge in [-0.1, -0.05) is 32.0 Å². The van der Waals surface area contributed by atoms with Crippen LogP contribution in [0.5, 0.6) is 0 Å². The van der Waals surface area contributed by atoms with Crippen molar-refractivity contribution in [1.82, 2.24) is 9.78 Å². The van der Waals surface area contributed by atoms with Crippen LogP contribution < -0.4 is 5.32 Å². The van der Waals surface area contributed by atoms with E-state index >= 15 is 0 Å². The standard InChI is InChI=1S/C18H21N3OS/c1-5-12-8-7-9-13(6-2)16(12)19-17(22)15-10-14-11(3)20-21(4)18(14)23-15/h7-10H,5-6H2,1-4H3,(H,19,22). The molecule has 0 saturated heterocycles. The molecule has 5 heteroatoms. The molecule has 0 fully saturated rings. The van der Waals surface area contributed by atoms with Crippen molar-refractivity contribution in [2.75, 3.05) is 5.32 Å². The summed E-state index contributed by atoms with van der Waals surface area (Å²) in [6.45, 7) is 6.19. The molecule has 2 heterocycles. The van der Waals surface area contributed by atoms with E-state index in [-0.39, 0.29) is 5.91 Å². The first kappa shape index (κ1) is 15.7. The number of nitrogens with one attached hydrogen (secondary N) is 1. The fourth-order valence-corrected chi connectivity index (χ4v) is 3.91. The van der Waals surface area contributed by atoms with Crippen molar-refractivity contribution in [3.05, 3.63) is 46.0 Å². The SMILES string of the molecule is CCc1cccc(CC)c1NC(=O)c1cc2c(C)nn(C)c2s1. The van der Waals surface area contributed by atoms with E-state index in [9.17, 15) is 4.79 Å². The van der Waals surface area contributed by atoms with Gasteiger partial charge in [0.05, 0.1) is 10.6 Å². The third-order valence-corrected chi connectivity index (χ3v) is 5.36. The van der Waals surface area contributed by atoms with E-state index < -0.39 is 0 Å². The molecule has 0 radical (unpaired) electrons. The summed E-state index contributed by atoms with van der Waals surface area (Å²) < 4.78 is 1.84. The van der Waals surface area contributed by atoms with Crippen molar-refractivity contribution in [1.29, 1.82) is 0 Å². The highest BCUT2D eigenvalue weighted by Crippen LogP contribution is 2.29. The summed E-state index contributed by atoms with van der Waals surface area (Å²) in [7, 11) is 1.91. The van der Waals surface area contributed by atoms with E-state index in [1.54, 1.807) is 0 Å². The summed E-state index contributed by atoms with van der Waals surface area (Å²) in [6.07, 6.45) is 1.80. The smallest absolute Gasteiger partial charge is 0.265 e. The van der Waals surface area contributed by atoms with Crippen LogP contribution in [-0.2, 0) is 19.9 Å². The quantitative estimate of drug-likeness (QED) is 0.775. The number of hydrogen-bond donors (Lipinski definition) is 1. The van der Waals surface area contributed by atoms with E-state index in [4.69, 9.17) is 0 Å². The number of aryl methyl sites for hydroxylation is 4. The lowest BCUT2D eigenvalue weighted by Gasteiger charge is -2.13. The van der Waals surface area contributed by atoms with Crippen LogP contribution in [0.3, 0.4) is 0 Å². The molecule has 4 nitrogen and oxygen atoms in total. The predicted octanol–water partition coefficient (Wildman–Crippen LogP) is 4.32. The van der Waals surface area contributed by atoms with Crippen LogP contribution in [-0.4, -0.2) is 15.7 Å². The third kappa shape index (κ3) is 2.77. The van der Waals surface area contributed by atoms with Crippen LogP contribution in [0.2, 0.25) is 0 Å². The second-order valence-electron chi connectivity index (χ2n) is 5.65. The van der Waals surface area contributed by atoms with Gasteiger partial charge in [-0.3, -0.25) is 9.48 Å². The average Bonchev–Trinajstić information content (AvgIpc) is 3.09. The van der Waals surface area contributed by atoms with Crippen molar-refractivity contribution in [2.24, 2.45) is 7.05 Å². The molecule has 0 saturated carbocycles. The molecule has 1 aromatic carbocycles. The molecule has 0 bridgehead atoms. The topological polar surface area (TPSA) is 46.9 Å². The van der Waals surface area contributed by atoms with Gasteiger partial charge in [0.2, 0.25) is 0 Å². The largest absolute Gasteiger partial charge is 0.321 e. The molecule has 3 rings (SSSR count). The minimum absolute atomic E-state index is 0.0406. The minimum Gasteiger partial charge on any atom is -0.321 e. The first-order valence-electron chi connectivity index (χ1n) is 7.90. The Morgan fingerprint density at radius 1 is 1.26 bits per heavy atom. The summed E-state index contributed by atoms with van der Waals surface area (Å²) >= 11 is 1.49. The number of rotatable bonds is 4. The normalized spacial score (nSPS) is 11.1. The van der Waals surface area contributed by atoms with Crippen molar-refractivity contribution < 1.29 is 4.79 Å². The highest BCUT2D eigenvalue weighted by atomic mass is 32.1. The van der Waals surface area contributed by atoms with Gasteiger partial charge >= 0.3 is 0 Å². The van der Waals surface area contributed by atoms with Gasteiger partial charge in [0.15, 0.2) is 0 Å². The monoisotopic (exact) mass is 327 g/mol. The molecular formula is C18H21N3OS. The van der Waals surface area contributed by atoms with Crippen molar-refractivity contribution in [2.45, 2.75) is 33.6 Å². The number of carbonyl (C=O) groups is 1. The molecule has 120 valence electrons. The number of nitrogens with zero attached hydrogens (tertiary/aromatic N) is 2. The Morgan fingerprint density at radius 2 is 1.91 bits per heavy atom. The number of benzene rings is 1. The highest BCUT2D eigenvalue weighted by molar-refractivity contribution is 7.20. The lowest BCUT2D eigenvalue weighted by atomic mass is 10.0. The minimum atomic E-state index is -0.0406. The summed E-state index contributed by atoms with van der Waals surface area (Å²) in [5.41, 5.74) is 4.28. The first-order chi connectivity index (χ1) is 11.0. The van der Waals surface area contributed by atoms with E-state index in [1.165, 1.54) is 22.5 Å². The van der Waals surface area contributed by atoms with Crippen molar-refractivity contribution in [3.63, 3.8) is 0 Å². The zero-order valence-corrected chi connectivity index (χ0v) is 14.8. The summed E-state index contributed by atoms with van der Waals surface area (Å²) in [6, 6.07) is 8.15. The molecule has 0 spiro atoms. The molecule has 0 aliphatic heterocycles. The molecule has 0 unspecified atom stereocenters. The van der Waals surface area contributed by atoms with E-state index in [0.29, 0.717) is 0 Å². The summed E-state index contributed by atoms with van der Waals surface area (Å²) in [5.74, 6) is -0.0406. The number of amides is 1. The number of carbonyl (C=O) groups excluding carboxylic acids is 1. The Bertz CT molecular complexity index is 819. The predicted molar refractivity (Wildman–Crippen MR) is 96.5 cm³/mol. The maximum absolute atomic E-state index is 12.7.